The highest BCUT2D eigenvalue weighted by Gasteiger charge is 2.12. The number of hydrogen-bond donors (Lipinski definition) is 2. The van der Waals surface area contributed by atoms with Gasteiger partial charge in [-0.15, -0.1) is 0 Å². The molecule has 0 aromatic heterocycles. The molecular formula is C15H18N2O. The maximum Gasteiger partial charge on any atom is 0.0637 e. The average Bonchev–Trinajstić information content (AvgIpc) is 2.46. The van der Waals surface area contributed by atoms with Gasteiger partial charge in [0.1, 0.15) is 0 Å². The standard InChI is InChI=1S/C15H18N2O/c1-2-6-14-12(4-1)5-3-7-15(14)17-10-13-11-18-9-8-16-13/h1-7,13,16-17H,8-11H2. The van der Waals surface area contributed by atoms with Crippen molar-refractivity contribution >= 4 is 16.5 Å². The van der Waals surface area contributed by atoms with Crippen LogP contribution in [0.15, 0.2) is 42.5 Å². The molecule has 2 aromatic rings. The lowest BCUT2D eigenvalue weighted by Gasteiger charge is -2.24. The van der Waals surface area contributed by atoms with Gasteiger partial charge in [-0.05, 0) is 11.5 Å². The van der Waals surface area contributed by atoms with Crippen LogP contribution in [-0.2, 0) is 4.74 Å². The average molecular weight is 242 g/mol. The third-order valence-electron chi connectivity index (χ3n) is 3.33. The Morgan fingerprint density at radius 2 is 2.06 bits per heavy atom. The van der Waals surface area contributed by atoms with Crippen molar-refractivity contribution < 1.29 is 4.74 Å². The van der Waals surface area contributed by atoms with E-state index in [9.17, 15) is 0 Å². The number of fused-ring (bicyclic) bond motifs is 1. The van der Waals surface area contributed by atoms with E-state index in [0.717, 1.165) is 26.3 Å². The highest BCUT2D eigenvalue weighted by atomic mass is 16.5. The lowest BCUT2D eigenvalue weighted by Crippen LogP contribution is -2.45. The zero-order valence-electron chi connectivity index (χ0n) is 10.4. The SMILES string of the molecule is c1ccc2c(NCC3COCCN3)cccc2c1. The quantitative estimate of drug-likeness (QED) is 0.866. The smallest absolute Gasteiger partial charge is 0.0637 e. The number of rotatable bonds is 3. The minimum atomic E-state index is 0.401. The molecule has 1 aliphatic rings. The molecule has 0 radical (unpaired) electrons. The predicted molar refractivity (Wildman–Crippen MR) is 75.0 cm³/mol. The van der Waals surface area contributed by atoms with Gasteiger partial charge in [0.25, 0.3) is 0 Å². The Labute approximate surface area is 107 Å². The monoisotopic (exact) mass is 242 g/mol. The maximum absolute atomic E-state index is 5.46. The molecule has 1 atom stereocenters. The van der Waals surface area contributed by atoms with Gasteiger partial charge in [0.05, 0.1) is 13.2 Å². The largest absolute Gasteiger partial charge is 0.383 e. The molecule has 0 amide bonds. The Hall–Kier alpha value is -1.58. The zero-order chi connectivity index (χ0) is 12.2. The fourth-order valence-electron chi connectivity index (χ4n) is 2.36. The van der Waals surface area contributed by atoms with E-state index < -0.39 is 0 Å². The van der Waals surface area contributed by atoms with Crippen LogP contribution in [0, 0.1) is 0 Å². The van der Waals surface area contributed by atoms with Gasteiger partial charge >= 0.3 is 0 Å². The van der Waals surface area contributed by atoms with Gasteiger partial charge in [-0.3, -0.25) is 0 Å². The predicted octanol–water partition coefficient (Wildman–Crippen LogP) is 2.24. The van der Waals surface area contributed by atoms with Crippen molar-refractivity contribution in [1.82, 2.24) is 5.32 Å². The first-order valence-corrected chi connectivity index (χ1v) is 6.46. The Morgan fingerprint density at radius 3 is 2.94 bits per heavy atom. The molecule has 0 saturated carbocycles. The summed E-state index contributed by atoms with van der Waals surface area (Å²) in [5.74, 6) is 0. The van der Waals surface area contributed by atoms with Crippen molar-refractivity contribution in [1.29, 1.82) is 0 Å². The first-order chi connectivity index (χ1) is 8.93. The molecule has 18 heavy (non-hydrogen) atoms. The topological polar surface area (TPSA) is 33.3 Å². The summed E-state index contributed by atoms with van der Waals surface area (Å²) in [6.45, 7) is 3.46. The maximum atomic E-state index is 5.46. The van der Waals surface area contributed by atoms with Crippen molar-refractivity contribution in [3.05, 3.63) is 42.5 Å². The number of hydrogen-bond acceptors (Lipinski definition) is 3. The van der Waals surface area contributed by atoms with Gasteiger partial charge in [-0.2, -0.15) is 0 Å². The van der Waals surface area contributed by atoms with E-state index in [-0.39, 0.29) is 0 Å². The molecule has 1 heterocycles. The van der Waals surface area contributed by atoms with E-state index in [1.807, 2.05) is 0 Å². The Bertz CT molecular complexity index is 515. The van der Waals surface area contributed by atoms with Crippen LogP contribution in [0.25, 0.3) is 10.8 Å². The Kier molecular flexibility index (Phi) is 3.44. The van der Waals surface area contributed by atoms with Crippen LogP contribution in [-0.4, -0.2) is 32.3 Å². The molecule has 2 aromatic carbocycles. The van der Waals surface area contributed by atoms with Crippen molar-refractivity contribution in [3.8, 4) is 0 Å². The van der Waals surface area contributed by atoms with E-state index in [2.05, 4.69) is 53.1 Å². The Morgan fingerprint density at radius 1 is 1.17 bits per heavy atom. The third kappa shape index (κ3) is 2.47. The highest BCUT2D eigenvalue weighted by molar-refractivity contribution is 5.93. The van der Waals surface area contributed by atoms with Crippen LogP contribution in [0.4, 0.5) is 5.69 Å². The van der Waals surface area contributed by atoms with Crippen molar-refractivity contribution in [2.75, 3.05) is 31.6 Å². The highest BCUT2D eigenvalue weighted by Crippen LogP contribution is 2.22. The van der Waals surface area contributed by atoms with Gasteiger partial charge in [0.2, 0.25) is 0 Å². The van der Waals surface area contributed by atoms with Crippen LogP contribution in [0.2, 0.25) is 0 Å². The van der Waals surface area contributed by atoms with E-state index in [0.29, 0.717) is 6.04 Å². The summed E-state index contributed by atoms with van der Waals surface area (Å²) < 4.78 is 5.46. The fourth-order valence-corrected chi connectivity index (χ4v) is 2.36. The van der Waals surface area contributed by atoms with E-state index in [1.54, 1.807) is 0 Å². The lowest BCUT2D eigenvalue weighted by molar-refractivity contribution is 0.0807. The normalized spacial score (nSPS) is 19.9. The molecule has 0 bridgehead atoms. The molecule has 3 heteroatoms. The molecular weight excluding hydrogens is 224 g/mol. The van der Waals surface area contributed by atoms with Crippen LogP contribution >= 0.6 is 0 Å². The molecule has 1 fully saturated rings. The molecule has 3 nitrogen and oxygen atoms in total. The van der Waals surface area contributed by atoms with E-state index in [4.69, 9.17) is 4.74 Å². The summed E-state index contributed by atoms with van der Waals surface area (Å²) in [6, 6.07) is 15.2. The van der Waals surface area contributed by atoms with Crippen LogP contribution in [0.5, 0.6) is 0 Å². The number of nitrogens with one attached hydrogen (secondary N) is 2. The van der Waals surface area contributed by atoms with E-state index >= 15 is 0 Å². The first-order valence-electron chi connectivity index (χ1n) is 6.46. The minimum absolute atomic E-state index is 0.401. The van der Waals surface area contributed by atoms with Crippen molar-refractivity contribution in [2.24, 2.45) is 0 Å². The second-order valence-electron chi connectivity index (χ2n) is 4.63. The third-order valence-corrected chi connectivity index (χ3v) is 3.33. The fraction of sp³-hybridized carbons (Fsp3) is 0.333. The number of morpholine rings is 1. The second kappa shape index (κ2) is 5.38. The molecule has 1 unspecified atom stereocenters. The van der Waals surface area contributed by atoms with E-state index in [1.165, 1.54) is 16.5 Å². The lowest BCUT2D eigenvalue weighted by atomic mass is 10.1. The second-order valence-corrected chi connectivity index (χ2v) is 4.63. The van der Waals surface area contributed by atoms with Gasteiger partial charge in [-0.25, -0.2) is 0 Å². The van der Waals surface area contributed by atoms with Gasteiger partial charge in [0, 0.05) is 30.2 Å². The molecule has 0 spiro atoms. The summed E-state index contributed by atoms with van der Waals surface area (Å²) in [4.78, 5) is 0. The molecule has 2 N–H and O–H groups in total. The van der Waals surface area contributed by atoms with Crippen LogP contribution in [0.3, 0.4) is 0 Å². The summed E-state index contributed by atoms with van der Waals surface area (Å²) in [5.41, 5.74) is 1.19. The van der Waals surface area contributed by atoms with Crippen LogP contribution in [0.1, 0.15) is 0 Å². The summed E-state index contributed by atoms with van der Waals surface area (Å²) in [5, 5.41) is 9.51. The summed E-state index contributed by atoms with van der Waals surface area (Å²) in [6.07, 6.45) is 0. The number of ether oxygens (including phenoxy) is 1. The minimum Gasteiger partial charge on any atom is -0.383 e. The zero-order valence-corrected chi connectivity index (χ0v) is 10.4. The Balaban J connectivity index is 1.74. The summed E-state index contributed by atoms with van der Waals surface area (Å²) >= 11 is 0. The summed E-state index contributed by atoms with van der Waals surface area (Å²) in [7, 11) is 0. The molecule has 94 valence electrons. The van der Waals surface area contributed by atoms with Gasteiger partial charge < -0.3 is 15.4 Å². The van der Waals surface area contributed by atoms with Crippen LogP contribution < -0.4 is 10.6 Å². The number of anilines is 1. The van der Waals surface area contributed by atoms with Crippen molar-refractivity contribution in [2.45, 2.75) is 6.04 Å². The molecule has 0 aliphatic carbocycles. The number of benzene rings is 2. The van der Waals surface area contributed by atoms with Crippen molar-refractivity contribution in [3.63, 3.8) is 0 Å². The molecule has 1 aliphatic heterocycles. The van der Waals surface area contributed by atoms with Gasteiger partial charge in [-0.1, -0.05) is 36.4 Å². The molecule has 3 rings (SSSR count). The molecule has 1 saturated heterocycles. The first kappa shape index (κ1) is 11.5. The van der Waals surface area contributed by atoms with Gasteiger partial charge in [0.15, 0.2) is 0 Å².